The summed E-state index contributed by atoms with van der Waals surface area (Å²) in [4.78, 5) is 0. The van der Waals surface area contributed by atoms with Crippen molar-refractivity contribution in [2.24, 2.45) is 0 Å². The van der Waals surface area contributed by atoms with Crippen LogP contribution in [-0.2, 0) is 0 Å². The van der Waals surface area contributed by atoms with Gasteiger partial charge in [-0.2, -0.15) is 5.26 Å². The monoisotopic (exact) mass is 253 g/mol. The lowest BCUT2D eigenvalue weighted by Crippen LogP contribution is -2.00. The molecule has 96 valence electrons. The van der Waals surface area contributed by atoms with E-state index in [4.69, 9.17) is 15.7 Å². The van der Waals surface area contributed by atoms with Crippen molar-refractivity contribution >= 4 is 17.1 Å². The average Bonchev–Trinajstić information content (AvgIpc) is 2.43. The number of aryl methyl sites for hydroxylation is 1. The summed E-state index contributed by atoms with van der Waals surface area (Å²) >= 11 is 0. The Hall–Kier alpha value is -2.67. The molecular formula is C15H15N3O. The Bertz CT molecular complexity index is 624. The van der Waals surface area contributed by atoms with Crippen LogP contribution in [0.25, 0.3) is 0 Å². The molecule has 0 aliphatic carbocycles. The average molecular weight is 253 g/mol. The molecule has 0 spiro atoms. The number of nitrogens with two attached hydrogens (primary N) is 1. The van der Waals surface area contributed by atoms with Gasteiger partial charge in [-0.3, -0.25) is 0 Å². The van der Waals surface area contributed by atoms with Gasteiger partial charge in [0.2, 0.25) is 0 Å². The summed E-state index contributed by atoms with van der Waals surface area (Å²) in [7, 11) is 1.57. The van der Waals surface area contributed by atoms with Crippen molar-refractivity contribution in [2.75, 3.05) is 18.2 Å². The molecule has 4 nitrogen and oxygen atoms in total. The Morgan fingerprint density at radius 1 is 1.26 bits per heavy atom. The largest absolute Gasteiger partial charge is 0.495 e. The van der Waals surface area contributed by atoms with Gasteiger partial charge in [0.1, 0.15) is 5.75 Å². The molecule has 0 heterocycles. The van der Waals surface area contributed by atoms with Crippen molar-refractivity contribution in [1.29, 1.82) is 5.26 Å². The van der Waals surface area contributed by atoms with Gasteiger partial charge >= 0.3 is 0 Å². The van der Waals surface area contributed by atoms with Crippen LogP contribution in [0, 0.1) is 18.3 Å². The number of ether oxygens (including phenoxy) is 1. The third-order valence-corrected chi connectivity index (χ3v) is 2.90. The highest BCUT2D eigenvalue weighted by atomic mass is 16.5. The third kappa shape index (κ3) is 2.61. The normalized spacial score (nSPS) is 9.74. The first-order chi connectivity index (χ1) is 9.15. The van der Waals surface area contributed by atoms with Gasteiger partial charge in [-0.25, -0.2) is 0 Å². The highest BCUT2D eigenvalue weighted by molar-refractivity contribution is 5.78. The quantitative estimate of drug-likeness (QED) is 0.824. The molecule has 0 atom stereocenters. The van der Waals surface area contributed by atoms with E-state index in [1.807, 2.05) is 31.2 Å². The molecule has 4 heteroatoms. The Morgan fingerprint density at radius 2 is 2.05 bits per heavy atom. The summed E-state index contributed by atoms with van der Waals surface area (Å²) in [6.07, 6.45) is 0. The number of hydrogen-bond acceptors (Lipinski definition) is 4. The van der Waals surface area contributed by atoms with Crippen molar-refractivity contribution in [1.82, 2.24) is 0 Å². The molecule has 0 radical (unpaired) electrons. The van der Waals surface area contributed by atoms with Gasteiger partial charge < -0.3 is 15.8 Å². The first-order valence-electron chi connectivity index (χ1n) is 5.86. The Kier molecular flexibility index (Phi) is 3.58. The van der Waals surface area contributed by atoms with Crippen molar-refractivity contribution in [2.45, 2.75) is 6.92 Å². The molecule has 2 aromatic carbocycles. The van der Waals surface area contributed by atoms with Crippen LogP contribution < -0.4 is 15.8 Å². The number of benzene rings is 2. The van der Waals surface area contributed by atoms with E-state index in [-0.39, 0.29) is 0 Å². The molecular weight excluding hydrogens is 238 g/mol. The van der Waals surface area contributed by atoms with E-state index < -0.39 is 0 Å². The molecule has 0 unspecified atom stereocenters. The Labute approximate surface area is 112 Å². The van der Waals surface area contributed by atoms with Gasteiger partial charge in [-0.05, 0) is 30.7 Å². The standard InChI is InChI=1S/C15H15N3O/c1-10-4-3-5-12(17)15(10)18-13-7-6-11(9-16)8-14(13)19-2/h3-8,18H,17H2,1-2H3. The first kappa shape index (κ1) is 12.8. The van der Waals surface area contributed by atoms with Gasteiger partial charge in [0, 0.05) is 6.07 Å². The van der Waals surface area contributed by atoms with Gasteiger partial charge in [0.05, 0.1) is 35.8 Å². The summed E-state index contributed by atoms with van der Waals surface area (Å²) in [6.45, 7) is 1.98. The minimum Gasteiger partial charge on any atom is -0.495 e. The first-order valence-corrected chi connectivity index (χ1v) is 5.86. The molecule has 0 saturated heterocycles. The van der Waals surface area contributed by atoms with E-state index in [0.29, 0.717) is 17.0 Å². The fraction of sp³-hybridized carbons (Fsp3) is 0.133. The molecule has 0 aromatic heterocycles. The van der Waals surface area contributed by atoms with Crippen molar-refractivity contribution < 1.29 is 4.74 Å². The number of anilines is 3. The summed E-state index contributed by atoms with van der Waals surface area (Å²) in [5, 5.41) is 12.1. The minimum absolute atomic E-state index is 0.556. The minimum atomic E-state index is 0.556. The number of rotatable bonds is 3. The number of methoxy groups -OCH3 is 1. The van der Waals surface area contributed by atoms with Crippen LogP contribution in [0.5, 0.6) is 5.75 Å². The van der Waals surface area contributed by atoms with Crippen LogP contribution in [0.2, 0.25) is 0 Å². The van der Waals surface area contributed by atoms with Crippen LogP contribution in [0.15, 0.2) is 36.4 Å². The maximum absolute atomic E-state index is 8.88. The fourth-order valence-corrected chi connectivity index (χ4v) is 1.86. The summed E-state index contributed by atoms with van der Waals surface area (Å²) in [6, 6.07) is 13.0. The summed E-state index contributed by atoms with van der Waals surface area (Å²) in [5.41, 5.74) is 9.87. The van der Waals surface area contributed by atoms with Gasteiger partial charge in [-0.1, -0.05) is 12.1 Å². The van der Waals surface area contributed by atoms with E-state index >= 15 is 0 Å². The van der Waals surface area contributed by atoms with Crippen LogP contribution in [-0.4, -0.2) is 7.11 Å². The molecule has 0 saturated carbocycles. The molecule has 0 bridgehead atoms. The number of nitriles is 1. The molecule has 19 heavy (non-hydrogen) atoms. The topological polar surface area (TPSA) is 71.1 Å². The highest BCUT2D eigenvalue weighted by Crippen LogP contribution is 2.32. The number of nitrogens with zero attached hydrogens (tertiary/aromatic N) is 1. The van der Waals surface area contributed by atoms with Crippen molar-refractivity contribution in [3.63, 3.8) is 0 Å². The van der Waals surface area contributed by atoms with Crippen LogP contribution in [0.1, 0.15) is 11.1 Å². The van der Waals surface area contributed by atoms with E-state index in [1.54, 1.807) is 19.2 Å². The number of hydrogen-bond donors (Lipinski definition) is 2. The molecule has 0 aliphatic rings. The maximum Gasteiger partial charge on any atom is 0.143 e. The van der Waals surface area contributed by atoms with E-state index in [0.717, 1.165) is 16.9 Å². The maximum atomic E-state index is 8.88. The molecule has 2 aromatic rings. The Balaban J connectivity index is 2.41. The lowest BCUT2D eigenvalue weighted by atomic mass is 10.1. The predicted molar refractivity (Wildman–Crippen MR) is 76.6 cm³/mol. The zero-order valence-electron chi connectivity index (χ0n) is 10.9. The van der Waals surface area contributed by atoms with Crippen LogP contribution in [0.3, 0.4) is 0 Å². The van der Waals surface area contributed by atoms with Gasteiger partial charge in [0.15, 0.2) is 0 Å². The second kappa shape index (κ2) is 5.32. The number of nitrogens with one attached hydrogen (secondary N) is 1. The molecule has 0 amide bonds. The zero-order chi connectivity index (χ0) is 13.8. The second-order valence-corrected chi connectivity index (χ2v) is 4.19. The highest BCUT2D eigenvalue weighted by Gasteiger charge is 2.08. The molecule has 2 rings (SSSR count). The lowest BCUT2D eigenvalue weighted by molar-refractivity contribution is 0.416. The molecule has 0 fully saturated rings. The Morgan fingerprint density at radius 3 is 2.68 bits per heavy atom. The SMILES string of the molecule is COc1cc(C#N)ccc1Nc1c(C)cccc1N. The van der Waals surface area contributed by atoms with E-state index in [2.05, 4.69) is 11.4 Å². The smallest absolute Gasteiger partial charge is 0.143 e. The predicted octanol–water partition coefficient (Wildman–Crippen LogP) is 3.20. The van der Waals surface area contributed by atoms with E-state index in [9.17, 15) is 0 Å². The zero-order valence-corrected chi connectivity index (χ0v) is 10.9. The van der Waals surface area contributed by atoms with Crippen molar-refractivity contribution in [3.05, 3.63) is 47.5 Å². The van der Waals surface area contributed by atoms with Crippen LogP contribution in [0.4, 0.5) is 17.1 Å². The fourth-order valence-electron chi connectivity index (χ4n) is 1.86. The van der Waals surface area contributed by atoms with Gasteiger partial charge in [0.25, 0.3) is 0 Å². The van der Waals surface area contributed by atoms with Crippen LogP contribution >= 0.6 is 0 Å². The van der Waals surface area contributed by atoms with Gasteiger partial charge in [-0.15, -0.1) is 0 Å². The molecule has 3 N–H and O–H groups in total. The molecule has 0 aliphatic heterocycles. The number of nitrogen functional groups attached to an aromatic ring is 1. The lowest BCUT2D eigenvalue weighted by Gasteiger charge is -2.15. The second-order valence-electron chi connectivity index (χ2n) is 4.19. The summed E-state index contributed by atoms with van der Waals surface area (Å²) in [5.74, 6) is 0.613. The summed E-state index contributed by atoms with van der Waals surface area (Å²) < 4.78 is 5.29. The number of para-hydroxylation sites is 1. The van der Waals surface area contributed by atoms with Crippen molar-refractivity contribution in [3.8, 4) is 11.8 Å². The third-order valence-electron chi connectivity index (χ3n) is 2.90. The van der Waals surface area contributed by atoms with E-state index in [1.165, 1.54) is 0 Å².